The second kappa shape index (κ2) is 10.6. The van der Waals surface area contributed by atoms with E-state index >= 15 is 0 Å². The van der Waals surface area contributed by atoms with Crippen LogP contribution in [0.1, 0.15) is 52.5 Å². The lowest BCUT2D eigenvalue weighted by molar-refractivity contribution is -0.124. The Balaban J connectivity index is 1.41. The lowest BCUT2D eigenvalue weighted by atomic mass is 9.88. The quantitative estimate of drug-likeness (QED) is 0.656. The van der Waals surface area contributed by atoms with Crippen molar-refractivity contribution in [3.05, 3.63) is 59.2 Å². The van der Waals surface area contributed by atoms with Crippen molar-refractivity contribution in [1.82, 2.24) is 15.5 Å². The summed E-state index contributed by atoms with van der Waals surface area (Å²) in [7, 11) is 0. The summed E-state index contributed by atoms with van der Waals surface area (Å²) in [5, 5.41) is 5.87. The van der Waals surface area contributed by atoms with E-state index in [-0.39, 0.29) is 30.4 Å². The summed E-state index contributed by atoms with van der Waals surface area (Å²) >= 11 is 0. The van der Waals surface area contributed by atoms with E-state index in [2.05, 4.69) is 10.6 Å². The minimum absolute atomic E-state index is 0.0629. The number of likely N-dealkylation sites (tertiary alicyclic amines) is 1. The summed E-state index contributed by atoms with van der Waals surface area (Å²) in [6.07, 6.45) is 2.05. The Morgan fingerprint density at radius 1 is 1.00 bits per heavy atom. The number of rotatable bonds is 7. The first kappa shape index (κ1) is 23.6. The maximum absolute atomic E-state index is 13.0. The Kier molecular flexibility index (Phi) is 7.35. The number of benzene rings is 2. The number of carbonyl (C=O) groups excluding carboxylic acids is 3. The van der Waals surface area contributed by atoms with Gasteiger partial charge in [0.15, 0.2) is 11.5 Å². The molecule has 2 heterocycles. The van der Waals surface area contributed by atoms with Crippen molar-refractivity contribution in [2.45, 2.75) is 39.2 Å². The van der Waals surface area contributed by atoms with E-state index in [1.807, 2.05) is 26.0 Å². The molecule has 2 aliphatic heterocycles. The third-order valence-electron chi connectivity index (χ3n) is 6.35. The van der Waals surface area contributed by atoms with Crippen LogP contribution in [-0.4, -0.2) is 55.1 Å². The van der Waals surface area contributed by atoms with Crippen molar-refractivity contribution in [1.29, 1.82) is 0 Å². The van der Waals surface area contributed by atoms with Gasteiger partial charge < -0.3 is 25.0 Å². The van der Waals surface area contributed by atoms with Gasteiger partial charge in [-0.3, -0.25) is 14.4 Å². The van der Waals surface area contributed by atoms with Crippen molar-refractivity contribution in [2.75, 3.05) is 26.4 Å². The van der Waals surface area contributed by atoms with Crippen LogP contribution in [0.25, 0.3) is 0 Å². The van der Waals surface area contributed by atoms with Gasteiger partial charge in [-0.15, -0.1) is 0 Å². The van der Waals surface area contributed by atoms with Crippen LogP contribution < -0.4 is 20.1 Å². The predicted octanol–water partition coefficient (Wildman–Crippen LogP) is 2.90. The average Bonchev–Trinajstić information content (AvgIpc) is 3.34. The van der Waals surface area contributed by atoms with E-state index in [4.69, 9.17) is 9.47 Å². The van der Waals surface area contributed by atoms with Crippen LogP contribution in [0.5, 0.6) is 11.5 Å². The fourth-order valence-corrected chi connectivity index (χ4v) is 4.33. The fourth-order valence-electron chi connectivity index (χ4n) is 4.33. The number of fused-ring (bicyclic) bond motifs is 1. The number of amides is 3. The van der Waals surface area contributed by atoms with Gasteiger partial charge in [0.25, 0.3) is 11.8 Å². The maximum Gasteiger partial charge on any atom is 0.253 e. The molecular formula is C26H31N3O5. The maximum atomic E-state index is 13.0. The first-order valence-corrected chi connectivity index (χ1v) is 11.8. The van der Waals surface area contributed by atoms with Crippen LogP contribution in [0.2, 0.25) is 0 Å². The van der Waals surface area contributed by atoms with Gasteiger partial charge in [-0.05, 0) is 62.4 Å². The van der Waals surface area contributed by atoms with Crippen LogP contribution in [0, 0.1) is 12.8 Å². The van der Waals surface area contributed by atoms with E-state index in [9.17, 15) is 14.4 Å². The lowest BCUT2D eigenvalue weighted by Crippen LogP contribution is -2.54. The molecule has 0 saturated carbocycles. The van der Waals surface area contributed by atoms with Crippen molar-refractivity contribution in [3.63, 3.8) is 0 Å². The number of piperidine rings is 1. The van der Waals surface area contributed by atoms with Gasteiger partial charge in [-0.2, -0.15) is 0 Å². The van der Waals surface area contributed by atoms with Gasteiger partial charge in [0.05, 0.1) is 0 Å². The van der Waals surface area contributed by atoms with Crippen molar-refractivity contribution in [2.24, 2.45) is 5.92 Å². The van der Waals surface area contributed by atoms with Crippen molar-refractivity contribution >= 4 is 17.7 Å². The molecule has 0 aliphatic carbocycles. The topological polar surface area (TPSA) is 97.0 Å². The third-order valence-corrected chi connectivity index (χ3v) is 6.35. The van der Waals surface area contributed by atoms with E-state index in [0.717, 1.165) is 12.0 Å². The Bertz CT molecular complexity index is 1040. The molecule has 0 bridgehead atoms. The molecule has 180 valence electrons. The highest BCUT2D eigenvalue weighted by molar-refractivity contribution is 5.98. The normalized spacial score (nSPS) is 16.1. The van der Waals surface area contributed by atoms with E-state index < -0.39 is 6.04 Å². The summed E-state index contributed by atoms with van der Waals surface area (Å²) in [5.74, 6) is 0.630. The van der Waals surface area contributed by atoms with Gasteiger partial charge in [0.1, 0.15) is 6.04 Å². The number of carbonyl (C=O) groups is 3. The first-order valence-electron chi connectivity index (χ1n) is 11.8. The van der Waals surface area contributed by atoms with Gasteiger partial charge in [-0.1, -0.05) is 24.6 Å². The number of ether oxygens (including phenoxy) is 2. The number of hydrogen-bond donors (Lipinski definition) is 2. The molecule has 0 radical (unpaired) electrons. The fraction of sp³-hybridized carbons (Fsp3) is 0.423. The molecule has 1 unspecified atom stereocenters. The molecule has 0 spiro atoms. The summed E-state index contributed by atoms with van der Waals surface area (Å²) < 4.78 is 10.7. The molecular weight excluding hydrogens is 434 g/mol. The summed E-state index contributed by atoms with van der Waals surface area (Å²) in [4.78, 5) is 40.6. The minimum Gasteiger partial charge on any atom is -0.454 e. The molecule has 2 N–H and O–H groups in total. The second-order valence-electron chi connectivity index (χ2n) is 8.81. The molecule has 34 heavy (non-hydrogen) atoms. The lowest BCUT2D eigenvalue weighted by Gasteiger charge is -2.36. The molecule has 2 aromatic rings. The zero-order valence-electron chi connectivity index (χ0n) is 19.6. The number of hydrogen-bond acceptors (Lipinski definition) is 5. The minimum atomic E-state index is -0.650. The molecule has 8 nitrogen and oxygen atoms in total. The summed E-state index contributed by atoms with van der Waals surface area (Å²) in [5.41, 5.74) is 2.13. The Morgan fingerprint density at radius 2 is 1.68 bits per heavy atom. The molecule has 2 aromatic carbocycles. The summed E-state index contributed by atoms with van der Waals surface area (Å²) in [6.45, 7) is 5.68. The monoisotopic (exact) mass is 465 g/mol. The molecule has 4 rings (SSSR count). The van der Waals surface area contributed by atoms with Crippen LogP contribution >= 0.6 is 0 Å². The zero-order chi connectivity index (χ0) is 24.1. The molecule has 2 aliphatic rings. The number of nitrogens with zero attached hydrogens (tertiary/aromatic N) is 1. The first-order chi connectivity index (χ1) is 16.5. The molecule has 3 amide bonds. The Hall–Kier alpha value is -3.55. The molecule has 0 aromatic heterocycles. The van der Waals surface area contributed by atoms with Crippen molar-refractivity contribution in [3.8, 4) is 11.5 Å². The van der Waals surface area contributed by atoms with E-state index in [1.54, 1.807) is 35.2 Å². The Morgan fingerprint density at radius 3 is 2.38 bits per heavy atom. The zero-order valence-corrected chi connectivity index (χ0v) is 19.6. The van der Waals surface area contributed by atoms with Crippen LogP contribution in [0.3, 0.4) is 0 Å². The molecule has 1 fully saturated rings. The number of nitrogens with one attached hydrogen (secondary N) is 2. The van der Waals surface area contributed by atoms with Crippen LogP contribution in [0.4, 0.5) is 0 Å². The SMILES string of the molecule is CCCNC(=O)C(NC(=O)c1ccc(C)cc1)C1CCN(C(=O)c2ccc3c(c2)OCO3)CC1. The van der Waals surface area contributed by atoms with E-state index in [0.29, 0.717) is 55.1 Å². The van der Waals surface area contributed by atoms with Gasteiger partial charge in [0, 0.05) is 30.8 Å². The highest BCUT2D eigenvalue weighted by atomic mass is 16.7. The second-order valence-corrected chi connectivity index (χ2v) is 8.81. The molecule has 1 atom stereocenters. The number of aryl methyl sites for hydroxylation is 1. The summed E-state index contributed by atoms with van der Waals surface area (Å²) in [6, 6.07) is 11.8. The molecule has 8 heteroatoms. The van der Waals surface area contributed by atoms with Gasteiger partial charge >= 0.3 is 0 Å². The highest BCUT2D eigenvalue weighted by Gasteiger charge is 2.34. The highest BCUT2D eigenvalue weighted by Crippen LogP contribution is 2.33. The largest absolute Gasteiger partial charge is 0.454 e. The molecule has 1 saturated heterocycles. The third kappa shape index (κ3) is 5.32. The standard InChI is InChI=1S/C26H31N3O5/c1-3-12-27-25(31)23(28-24(30)19-6-4-17(2)5-7-19)18-10-13-29(14-11-18)26(32)20-8-9-21-22(15-20)34-16-33-21/h4-9,15,18,23H,3,10-14,16H2,1-2H3,(H,27,31)(H,28,30). The smallest absolute Gasteiger partial charge is 0.253 e. The van der Waals surface area contributed by atoms with Crippen LogP contribution in [0.15, 0.2) is 42.5 Å². The predicted molar refractivity (Wildman–Crippen MR) is 127 cm³/mol. The van der Waals surface area contributed by atoms with E-state index in [1.165, 1.54) is 0 Å². The van der Waals surface area contributed by atoms with Gasteiger partial charge in [-0.25, -0.2) is 0 Å². The van der Waals surface area contributed by atoms with Crippen molar-refractivity contribution < 1.29 is 23.9 Å². The van der Waals surface area contributed by atoms with Crippen LogP contribution in [-0.2, 0) is 4.79 Å². The Labute approximate surface area is 199 Å². The van der Waals surface area contributed by atoms with Gasteiger partial charge in [0.2, 0.25) is 12.7 Å². The average molecular weight is 466 g/mol.